The molecule has 0 spiro atoms. The molecule has 11 heteroatoms. The van der Waals surface area contributed by atoms with Gasteiger partial charge in [-0.05, 0) is 70.1 Å². The molecule has 6 N–H and O–H groups in total. The van der Waals surface area contributed by atoms with Crippen LogP contribution in [0.25, 0.3) is 0 Å². The molecule has 2 rings (SSSR count). The Balaban J connectivity index is 1.76. The Labute approximate surface area is 228 Å². The first kappa shape index (κ1) is 30.8. The molecule has 0 heterocycles. The number of ether oxygens (including phenoxy) is 1. The topological polar surface area (TPSA) is 158 Å². The van der Waals surface area contributed by atoms with E-state index in [0.29, 0.717) is 25.1 Å². The van der Waals surface area contributed by atoms with Crippen molar-refractivity contribution < 1.29 is 29.1 Å². The zero-order valence-corrected chi connectivity index (χ0v) is 22.3. The van der Waals surface area contributed by atoms with E-state index in [9.17, 15) is 19.2 Å². The standard InChI is InChI=1S/C28H35N5O6/c1-28(2,3)39-27(37)30-17-7-16-29-19-24(34)31-18-23(26(36)33-38)32-25(35)22-14-12-21(13-15-22)11-10-20-8-5-4-6-9-20/h4-6,8-9,12-15,23,29,38H,7,16-19H2,1-3H3,(H,30,37)(H,31,34)(H,32,35)(H,33,36)/t23-/m0/s1. The average molecular weight is 538 g/mol. The van der Waals surface area contributed by atoms with Crippen LogP contribution in [0, 0.1) is 11.8 Å². The quantitative estimate of drug-likeness (QED) is 0.109. The molecule has 39 heavy (non-hydrogen) atoms. The van der Waals surface area contributed by atoms with Crippen molar-refractivity contribution >= 4 is 23.8 Å². The summed E-state index contributed by atoms with van der Waals surface area (Å²) in [6, 6.07) is 14.8. The number of nitrogens with one attached hydrogen (secondary N) is 5. The lowest BCUT2D eigenvalue weighted by Crippen LogP contribution is -2.52. The first-order valence-electron chi connectivity index (χ1n) is 12.4. The lowest BCUT2D eigenvalue weighted by Gasteiger charge is -2.19. The van der Waals surface area contributed by atoms with Gasteiger partial charge in [0.2, 0.25) is 5.91 Å². The molecular formula is C28H35N5O6. The maximum absolute atomic E-state index is 12.6. The molecule has 0 unspecified atom stereocenters. The molecule has 2 aromatic carbocycles. The average Bonchev–Trinajstić information content (AvgIpc) is 2.91. The van der Waals surface area contributed by atoms with Crippen LogP contribution in [0.15, 0.2) is 54.6 Å². The van der Waals surface area contributed by atoms with Crippen LogP contribution in [0.1, 0.15) is 48.7 Å². The van der Waals surface area contributed by atoms with E-state index in [0.717, 1.165) is 5.56 Å². The summed E-state index contributed by atoms with van der Waals surface area (Å²) in [6.07, 6.45) is 0.0533. The van der Waals surface area contributed by atoms with Crippen LogP contribution < -0.4 is 26.7 Å². The minimum absolute atomic E-state index is 0.0423. The third-order valence-corrected chi connectivity index (χ3v) is 4.99. The highest BCUT2D eigenvalue weighted by Gasteiger charge is 2.22. The van der Waals surface area contributed by atoms with Gasteiger partial charge in [-0.3, -0.25) is 19.6 Å². The minimum Gasteiger partial charge on any atom is -0.444 e. The maximum Gasteiger partial charge on any atom is 0.407 e. The molecule has 0 bridgehead atoms. The molecular weight excluding hydrogens is 502 g/mol. The summed E-state index contributed by atoms with van der Waals surface area (Å²) in [7, 11) is 0. The SMILES string of the molecule is CC(C)(C)OC(=O)NCCCNCC(=O)NC[C@H](NC(=O)c1ccc(C#Cc2ccccc2)cc1)C(=O)NO. The first-order valence-corrected chi connectivity index (χ1v) is 12.4. The second-order valence-corrected chi connectivity index (χ2v) is 9.46. The number of alkyl carbamates (subject to hydrolysis) is 1. The van der Waals surface area contributed by atoms with Gasteiger partial charge in [-0.15, -0.1) is 0 Å². The number of amides is 4. The second kappa shape index (κ2) is 15.8. The molecule has 2 aromatic rings. The summed E-state index contributed by atoms with van der Waals surface area (Å²) in [6.45, 7) is 5.86. The molecule has 0 aromatic heterocycles. The Kier molecular flexibility index (Phi) is 12.5. The van der Waals surface area contributed by atoms with Crippen LogP contribution in [0.4, 0.5) is 4.79 Å². The second-order valence-electron chi connectivity index (χ2n) is 9.46. The van der Waals surface area contributed by atoms with Crippen molar-refractivity contribution in [3.8, 4) is 11.8 Å². The Morgan fingerprint density at radius 1 is 0.897 bits per heavy atom. The Hall–Kier alpha value is -4.40. The fourth-order valence-electron chi connectivity index (χ4n) is 3.10. The van der Waals surface area contributed by atoms with Gasteiger partial charge in [0, 0.05) is 29.8 Å². The molecule has 0 saturated heterocycles. The third-order valence-electron chi connectivity index (χ3n) is 4.99. The van der Waals surface area contributed by atoms with Crippen molar-refractivity contribution in [3.63, 3.8) is 0 Å². The number of rotatable bonds is 11. The van der Waals surface area contributed by atoms with Crippen molar-refractivity contribution in [2.45, 2.75) is 38.8 Å². The van der Waals surface area contributed by atoms with E-state index in [1.807, 2.05) is 30.3 Å². The third kappa shape index (κ3) is 12.6. The number of carbonyl (C=O) groups excluding carboxylic acids is 4. The number of hydrogen-bond acceptors (Lipinski definition) is 7. The van der Waals surface area contributed by atoms with E-state index in [1.54, 1.807) is 45.0 Å². The van der Waals surface area contributed by atoms with Gasteiger partial charge in [-0.1, -0.05) is 30.0 Å². The zero-order valence-electron chi connectivity index (χ0n) is 22.3. The van der Waals surface area contributed by atoms with Crippen molar-refractivity contribution in [1.29, 1.82) is 0 Å². The fraction of sp³-hybridized carbons (Fsp3) is 0.357. The highest BCUT2D eigenvalue weighted by Crippen LogP contribution is 2.06. The predicted octanol–water partition coefficient (Wildman–Crippen LogP) is 1.31. The van der Waals surface area contributed by atoms with Crippen LogP contribution in [-0.2, 0) is 14.3 Å². The van der Waals surface area contributed by atoms with Crippen molar-refractivity contribution in [2.24, 2.45) is 0 Å². The number of benzene rings is 2. The number of carbonyl (C=O) groups is 4. The predicted molar refractivity (Wildman–Crippen MR) is 145 cm³/mol. The first-order chi connectivity index (χ1) is 18.6. The summed E-state index contributed by atoms with van der Waals surface area (Å²) in [5.74, 6) is 4.19. The summed E-state index contributed by atoms with van der Waals surface area (Å²) in [5.41, 5.74) is 2.77. The van der Waals surface area contributed by atoms with E-state index in [2.05, 4.69) is 33.1 Å². The highest BCUT2D eigenvalue weighted by molar-refractivity contribution is 5.97. The van der Waals surface area contributed by atoms with E-state index in [4.69, 9.17) is 9.94 Å². The largest absolute Gasteiger partial charge is 0.444 e. The molecule has 4 amide bonds. The van der Waals surface area contributed by atoms with Gasteiger partial charge < -0.3 is 26.0 Å². The Morgan fingerprint density at radius 3 is 2.15 bits per heavy atom. The lowest BCUT2D eigenvalue weighted by atomic mass is 10.1. The minimum atomic E-state index is -1.21. The number of hydroxylamine groups is 1. The molecule has 1 atom stereocenters. The van der Waals surface area contributed by atoms with Gasteiger partial charge in [-0.2, -0.15) is 0 Å². The normalized spacial score (nSPS) is 11.3. The van der Waals surface area contributed by atoms with Gasteiger partial charge in [0.25, 0.3) is 11.8 Å². The highest BCUT2D eigenvalue weighted by atomic mass is 16.6. The van der Waals surface area contributed by atoms with Gasteiger partial charge in [0.05, 0.1) is 6.54 Å². The van der Waals surface area contributed by atoms with E-state index < -0.39 is 35.5 Å². The smallest absolute Gasteiger partial charge is 0.407 e. The molecule has 11 nitrogen and oxygen atoms in total. The van der Waals surface area contributed by atoms with Crippen molar-refractivity contribution in [3.05, 3.63) is 71.3 Å². The van der Waals surface area contributed by atoms with Crippen LogP contribution in [-0.4, -0.2) is 66.8 Å². The summed E-state index contributed by atoms with van der Waals surface area (Å²) in [4.78, 5) is 48.4. The molecule has 0 radical (unpaired) electrons. The van der Waals surface area contributed by atoms with Crippen LogP contribution in [0.3, 0.4) is 0 Å². The van der Waals surface area contributed by atoms with Crippen LogP contribution >= 0.6 is 0 Å². The van der Waals surface area contributed by atoms with Crippen LogP contribution in [0.5, 0.6) is 0 Å². The summed E-state index contributed by atoms with van der Waals surface area (Å²) in [5, 5.41) is 19.6. The van der Waals surface area contributed by atoms with Crippen molar-refractivity contribution in [2.75, 3.05) is 26.2 Å². The molecule has 0 fully saturated rings. The summed E-state index contributed by atoms with van der Waals surface area (Å²) < 4.78 is 5.13. The van der Waals surface area contributed by atoms with E-state index in [-0.39, 0.29) is 18.7 Å². The molecule has 0 saturated carbocycles. The van der Waals surface area contributed by atoms with Gasteiger partial charge in [0.1, 0.15) is 11.6 Å². The van der Waals surface area contributed by atoms with Gasteiger partial charge in [0.15, 0.2) is 0 Å². The monoisotopic (exact) mass is 537 g/mol. The molecule has 0 aliphatic carbocycles. The molecule has 208 valence electrons. The number of hydrogen-bond donors (Lipinski definition) is 6. The van der Waals surface area contributed by atoms with Crippen LogP contribution in [0.2, 0.25) is 0 Å². The van der Waals surface area contributed by atoms with Crippen molar-refractivity contribution in [1.82, 2.24) is 26.7 Å². The Bertz CT molecular complexity index is 1170. The van der Waals surface area contributed by atoms with Gasteiger partial charge >= 0.3 is 6.09 Å². The van der Waals surface area contributed by atoms with E-state index in [1.165, 1.54) is 5.48 Å². The zero-order chi connectivity index (χ0) is 28.7. The Morgan fingerprint density at radius 2 is 1.54 bits per heavy atom. The fourth-order valence-corrected chi connectivity index (χ4v) is 3.10. The van der Waals surface area contributed by atoms with Gasteiger partial charge in [-0.25, -0.2) is 10.3 Å². The maximum atomic E-state index is 12.6. The molecule has 0 aliphatic rings. The van der Waals surface area contributed by atoms with E-state index >= 15 is 0 Å². The molecule has 0 aliphatic heterocycles. The summed E-state index contributed by atoms with van der Waals surface area (Å²) >= 11 is 0. The lowest BCUT2D eigenvalue weighted by molar-refractivity contribution is -0.131.